The van der Waals surface area contributed by atoms with Gasteiger partial charge in [0, 0.05) is 29.7 Å². The highest BCUT2D eigenvalue weighted by Crippen LogP contribution is 2.32. The second kappa shape index (κ2) is 9.90. The molecule has 1 unspecified atom stereocenters. The number of nitrogens with zero attached hydrogens (tertiary/aromatic N) is 3. The maximum Gasteiger partial charge on any atom is 0.227 e. The maximum absolute atomic E-state index is 6.49. The van der Waals surface area contributed by atoms with Crippen molar-refractivity contribution < 1.29 is 0 Å². The number of anilines is 2. The minimum atomic E-state index is 0.516. The molecule has 1 aromatic heterocycles. The molecule has 2 aromatic rings. The van der Waals surface area contributed by atoms with Gasteiger partial charge in [0.1, 0.15) is 5.02 Å². The van der Waals surface area contributed by atoms with Gasteiger partial charge in [-0.05, 0) is 75.2 Å². The third kappa shape index (κ3) is 5.13. The first-order chi connectivity index (χ1) is 14.5. The summed E-state index contributed by atoms with van der Waals surface area (Å²) >= 11 is 18.8. The number of hydrogen-bond donors (Lipinski definition) is 2. The van der Waals surface area contributed by atoms with Crippen LogP contribution < -0.4 is 15.5 Å². The second-order valence-corrected chi connectivity index (χ2v) is 9.51. The van der Waals surface area contributed by atoms with Crippen molar-refractivity contribution in [1.82, 2.24) is 15.3 Å². The lowest BCUT2D eigenvalue weighted by molar-refractivity contribution is 0.226. The molecule has 2 fully saturated rings. The van der Waals surface area contributed by atoms with E-state index in [9.17, 15) is 0 Å². The van der Waals surface area contributed by atoms with Gasteiger partial charge in [-0.15, -0.1) is 0 Å². The van der Waals surface area contributed by atoms with Gasteiger partial charge in [-0.2, -0.15) is 4.98 Å². The molecule has 0 amide bonds. The first-order valence-corrected chi connectivity index (χ1v) is 11.8. The number of benzene rings is 1. The Bertz CT molecular complexity index is 877. The van der Waals surface area contributed by atoms with Gasteiger partial charge < -0.3 is 15.5 Å². The Morgan fingerprint density at radius 3 is 2.60 bits per heavy atom. The Morgan fingerprint density at radius 2 is 1.90 bits per heavy atom. The topological polar surface area (TPSA) is 53.1 Å². The highest BCUT2D eigenvalue weighted by Gasteiger charge is 2.29. The molecule has 2 aliphatic heterocycles. The molecular formula is C22H28Cl3N5. The largest absolute Gasteiger partial charge is 0.365 e. The highest BCUT2D eigenvalue weighted by molar-refractivity contribution is 6.35. The summed E-state index contributed by atoms with van der Waals surface area (Å²) in [6.07, 6.45) is 5.05. The Kier molecular flexibility index (Phi) is 7.24. The standard InChI is InChI=1S/C22H28Cl3N5/c1-14-20(25)21(27-13-17-4-5-18(23)11-19(17)24)29-22(28-14)30-9-6-15(7-10-30)16-3-2-8-26-12-16/h4-5,11,15-16,26H,2-3,6-10,12-13H2,1H3,(H,27,28,29). The van der Waals surface area contributed by atoms with Crippen molar-refractivity contribution in [1.29, 1.82) is 0 Å². The van der Waals surface area contributed by atoms with Crippen LogP contribution in [-0.4, -0.2) is 36.1 Å². The molecule has 162 valence electrons. The highest BCUT2D eigenvalue weighted by atomic mass is 35.5. The summed E-state index contributed by atoms with van der Waals surface area (Å²) in [6.45, 7) is 6.76. The molecule has 2 N–H and O–H groups in total. The van der Waals surface area contributed by atoms with Gasteiger partial charge in [0.05, 0.1) is 5.69 Å². The van der Waals surface area contributed by atoms with E-state index >= 15 is 0 Å². The Labute approximate surface area is 193 Å². The van der Waals surface area contributed by atoms with Crippen molar-refractivity contribution in [2.75, 3.05) is 36.4 Å². The first-order valence-electron chi connectivity index (χ1n) is 10.7. The fourth-order valence-corrected chi connectivity index (χ4v) is 5.13. The van der Waals surface area contributed by atoms with Crippen LogP contribution in [-0.2, 0) is 6.54 Å². The van der Waals surface area contributed by atoms with Gasteiger partial charge in [-0.3, -0.25) is 0 Å². The van der Waals surface area contributed by atoms with Gasteiger partial charge in [-0.1, -0.05) is 40.9 Å². The predicted molar refractivity (Wildman–Crippen MR) is 126 cm³/mol. The first kappa shape index (κ1) is 21.9. The molecule has 1 atom stereocenters. The van der Waals surface area contributed by atoms with Gasteiger partial charge >= 0.3 is 0 Å². The van der Waals surface area contributed by atoms with Gasteiger partial charge in [-0.25, -0.2) is 4.98 Å². The molecule has 0 aliphatic carbocycles. The van der Waals surface area contributed by atoms with Crippen molar-refractivity contribution in [2.24, 2.45) is 11.8 Å². The summed E-state index contributed by atoms with van der Waals surface area (Å²) in [5, 5.41) is 8.67. The molecule has 1 aromatic carbocycles. The van der Waals surface area contributed by atoms with Crippen molar-refractivity contribution >= 4 is 46.6 Å². The van der Waals surface area contributed by atoms with E-state index in [4.69, 9.17) is 39.8 Å². The molecule has 5 nitrogen and oxygen atoms in total. The molecule has 30 heavy (non-hydrogen) atoms. The Morgan fingerprint density at radius 1 is 1.10 bits per heavy atom. The number of aromatic nitrogens is 2. The molecule has 0 radical (unpaired) electrons. The van der Waals surface area contributed by atoms with Crippen molar-refractivity contribution in [2.45, 2.75) is 39.2 Å². The van der Waals surface area contributed by atoms with E-state index < -0.39 is 0 Å². The minimum absolute atomic E-state index is 0.516. The summed E-state index contributed by atoms with van der Waals surface area (Å²) in [6, 6.07) is 5.48. The van der Waals surface area contributed by atoms with Crippen molar-refractivity contribution in [3.63, 3.8) is 0 Å². The van der Waals surface area contributed by atoms with E-state index in [1.165, 1.54) is 38.8 Å². The molecule has 0 saturated carbocycles. The molecule has 0 bridgehead atoms. The summed E-state index contributed by atoms with van der Waals surface area (Å²) in [5.74, 6) is 3.01. The zero-order valence-corrected chi connectivity index (χ0v) is 19.5. The fourth-order valence-electron chi connectivity index (χ4n) is 4.50. The van der Waals surface area contributed by atoms with Crippen LogP contribution in [0, 0.1) is 18.8 Å². The molecule has 2 saturated heterocycles. The van der Waals surface area contributed by atoms with Crippen LogP contribution in [0.25, 0.3) is 0 Å². The number of halogens is 3. The predicted octanol–water partition coefficient (Wildman–Crippen LogP) is 5.57. The molecule has 0 spiro atoms. The SMILES string of the molecule is Cc1nc(N2CCC(C3CCCNC3)CC2)nc(NCc2ccc(Cl)cc2Cl)c1Cl. The monoisotopic (exact) mass is 467 g/mol. The zero-order valence-electron chi connectivity index (χ0n) is 17.2. The Balaban J connectivity index is 1.42. The quantitative estimate of drug-likeness (QED) is 0.600. The fraction of sp³-hybridized carbons (Fsp3) is 0.545. The van der Waals surface area contributed by atoms with Crippen molar-refractivity contribution in [3.05, 3.63) is 44.5 Å². The lowest BCUT2D eigenvalue weighted by atomic mass is 9.80. The molecule has 4 rings (SSSR count). The van der Waals surface area contributed by atoms with E-state index in [-0.39, 0.29) is 0 Å². The maximum atomic E-state index is 6.49. The number of rotatable bonds is 5. The average Bonchev–Trinajstić information content (AvgIpc) is 2.76. The lowest BCUT2D eigenvalue weighted by Crippen LogP contribution is -2.41. The third-order valence-electron chi connectivity index (χ3n) is 6.29. The van der Waals surface area contributed by atoms with Crippen LogP contribution in [0.5, 0.6) is 0 Å². The summed E-state index contributed by atoms with van der Waals surface area (Å²) < 4.78 is 0. The van der Waals surface area contributed by atoms with Crippen LogP contribution in [0.4, 0.5) is 11.8 Å². The minimum Gasteiger partial charge on any atom is -0.365 e. The normalized spacial score (nSPS) is 20.4. The number of hydrogen-bond acceptors (Lipinski definition) is 5. The average molecular weight is 469 g/mol. The van der Waals surface area contributed by atoms with E-state index in [1.807, 2.05) is 19.1 Å². The number of piperidine rings is 2. The van der Waals surface area contributed by atoms with E-state index in [0.29, 0.717) is 27.4 Å². The van der Waals surface area contributed by atoms with E-state index in [1.54, 1.807) is 6.07 Å². The Hall–Kier alpha value is -1.27. The molecule has 8 heteroatoms. The molecule has 2 aliphatic rings. The number of aryl methyl sites for hydroxylation is 1. The lowest BCUT2D eigenvalue weighted by Gasteiger charge is -2.38. The molecular weight excluding hydrogens is 441 g/mol. The van der Waals surface area contributed by atoms with Crippen LogP contribution in [0.1, 0.15) is 36.9 Å². The van der Waals surface area contributed by atoms with E-state index in [2.05, 4.69) is 20.5 Å². The van der Waals surface area contributed by atoms with Crippen LogP contribution >= 0.6 is 34.8 Å². The zero-order chi connectivity index (χ0) is 21.1. The summed E-state index contributed by atoms with van der Waals surface area (Å²) in [5.41, 5.74) is 1.72. The van der Waals surface area contributed by atoms with Crippen molar-refractivity contribution in [3.8, 4) is 0 Å². The smallest absolute Gasteiger partial charge is 0.227 e. The van der Waals surface area contributed by atoms with Crippen LogP contribution in [0.15, 0.2) is 18.2 Å². The van der Waals surface area contributed by atoms with E-state index in [0.717, 1.165) is 42.1 Å². The van der Waals surface area contributed by atoms with Gasteiger partial charge in [0.2, 0.25) is 5.95 Å². The summed E-state index contributed by atoms with van der Waals surface area (Å²) in [4.78, 5) is 11.7. The number of nitrogens with one attached hydrogen (secondary N) is 2. The van der Waals surface area contributed by atoms with Gasteiger partial charge in [0.25, 0.3) is 0 Å². The third-order valence-corrected chi connectivity index (χ3v) is 7.33. The van der Waals surface area contributed by atoms with Crippen LogP contribution in [0.3, 0.4) is 0 Å². The summed E-state index contributed by atoms with van der Waals surface area (Å²) in [7, 11) is 0. The van der Waals surface area contributed by atoms with Gasteiger partial charge in [0.15, 0.2) is 5.82 Å². The van der Waals surface area contributed by atoms with Crippen LogP contribution in [0.2, 0.25) is 15.1 Å². The molecule has 3 heterocycles. The second-order valence-electron chi connectivity index (χ2n) is 8.29.